The van der Waals surface area contributed by atoms with Crippen LogP contribution in [0.2, 0.25) is 5.02 Å². The van der Waals surface area contributed by atoms with Crippen molar-refractivity contribution in [2.45, 2.75) is 32.4 Å². The molecule has 0 amide bonds. The number of hydrogen-bond donors (Lipinski definition) is 0. The summed E-state index contributed by atoms with van der Waals surface area (Å²) in [6.07, 6.45) is 2.69. The fraction of sp³-hybridized carbons (Fsp3) is 0.462. The van der Waals surface area contributed by atoms with Gasteiger partial charge < -0.3 is 14.5 Å². The summed E-state index contributed by atoms with van der Waals surface area (Å²) in [5.41, 5.74) is 3.91. The van der Waals surface area contributed by atoms with Gasteiger partial charge in [-0.05, 0) is 71.7 Å². The van der Waals surface area contributed by atoms with E-state index >= 15 is 0 Å². The van der Waals surface area contributed by atoms with Gasteiger partial charge in [0.05, 0.1) is 23.5 Å². The number of piperazine rings is 1. The van der Waals surface area contributed by atoms with E-state index in [-0.39, 0.29) is 0 Å². The Morgan fingerprint density at radius 2 is 1.86 bits per heavy atom. The van der Waals surface area contributed by atoms with Crippen molar-refractivity contribution >= 4 is 34.4 Å². The first kappa shape index (κ1) is 24.7. The van der Waals surface area contributed by atoms with E-state index in [4.69, 9.17) is 21.3 Å². The molecular formula is C26H33ClN8O. The normalized spacial score (nSPS) is 19.0. The van der Waals surface area contributed by atoms with Crippen molar-refractivity contribution in [2.24, 2.45) is 0 Å². The van der Waals surface area contributed by atoms with Crippen LogP contribution in [0.15, 0.2) is 36.5 Å². The summed E-state index contributed by atoms with van der Waals surface area (Å²) in [6.45, 7) is 7.81. The summed E-state index contributed by atoms with van der Waals surface area (Å²) in [6, 6.07) is 10.6. The number of likely N-dealkylation sites (N-methyl/N-ethyl adjacent to an activating group) is 1. The Kier molecular flexibility index (Phi) is 6.96. The Hall–Kier alpha value is -3.01. The lowest BCUT2D eigenvalue weighted by Crippen LogP contribution is -2.55. The number of aromatic nitrogens is 5. The molecule has 0 saturated carbocycles. The molecule has 0 N–H and O–H groups in total. The Balaban J connectivity index is 1.47. The second-order valence-electron chi connectivity index (χ2n) is 9.91. The van der Waals surface area contributed by atoms with Gasteiger partial charge in [0.15, 0.2) is 11.3 Å². The van der Waals surface area contributed by atoms with Crippen LogP contribution in [-0.4, -0.2) is 93.8 Å². The predicted molar refractivity (Wildman–Crippen MR) is 144 cm³/mol. The monoisotopic (exact) mass is 508 g/mol. The maximum absolute atomic E-state index is 6.57. The van der Waals surface area contributed by atoms with Crippen molar-refractivity contribution in [3.8, 4) is 17.0 Å². The number of fused-ring (bicyclic) bond motifs is 3. The summed E-state index contributed by atoms with van der Waals surface area (Å²) in [5.74, 6) is 1.48. The quantitative estimate of drug-likeness (QED) is 0.348. The van der Waals surface area contributed by atoms with Crippen molar-refractivity contribution in [2.75, 3.05) is 52.3 Å². The van der Waals surface area contributed by atoms with E-state index < -0.39 is 0 Å². The molecule has 1 aliphatic heterocycles. The van der Waals surface area contributed by atoms with E-state index in [2.05, 4.69) is 64.9 Å². The van der Waals surface area contributed by atoms with E-state index in [0.717, 1.165) is 54.4 Å². The summed E-state index contributed by atoms with van der Waals surface area (Å²) < 4.78 is 7.90. The van der Waals surface area contributed by atoms with Crippen LogP contribution in [0.4, 0.5) is 5.95 Å². The second kappa shape index (κ2) is 10.2. The van der Waals surface area contributed by atoms with Crippen molar-refractivity contribution < 1.29 is 4.74 Å². The van der Waals surface area contributed by atoms with Gasteiger partial charge in [0.1, 0.15) is 11.3 Å². The zero-order valence-electron chi connectivity index (χ0n) is 21.5. The van der Waals surface area contributed by atoms with E-state index in [9.17, 15) is 0 Å². The van der Waals surface area contributed by atoms with Gasteiger partial charge in [0.25, 0.3) is 0 Å². The largest absolute Gasteiger partial charge is 0.492 e. The van der Waals surface area contributed by atoms with E-state index in [1.165, 1.54) is 0 Å². The standard InChI is InChI=1S/C26H33ClN8O/c1-17-15-34(16-18(2)33(17)5)26-31-30-24-14-28-22-9-8-21(29-25(22)35(24)26)19-7-10-23(20(27)13-19)36-12-6-11-32(3)4/h7-10,13-14,17-18H,6,11-12,15-16H2,1-5H3/t17-,18+. The van der Waals surface area contributed by atoms with E-state index in [1.807, 2.05) is 34.7 Å². The average molecular weight is 509 g/mol. The van der Waals surface area contributed by atoms with Gasteiger partial charge in [-0.15, -0.1) is 10.2 Å². The van der Waals surface area contributed by atoms with Crippen LogP contribution in [0.1, 0.15) is 20.3 Å². The molecule has 1 aliphatic rings. The van der Waals surface area contributed by atoms with Gasteiger partial charge in [-0.3, -0.25) is 4.90 Å². The lowest BCUT2D eigenvalue weighted by molar-refractivity contribution is 0.169. The third-order valence-corrected chi connectivity index (χ3v) is 7.23. The molecule has 0 spiro atoms. The molecule has 2 atom stereocenters. The highest BCUT2D eigenvalue weighted by Crippen LogP contribution is 2.31. The summed E-state index contributed by atoms with van der Waals surface area (Å²) in [5, 5.41) is 9.51. The zero-order chi connectivity index (χ0) is 25.4. The zero-order valence-corrected chi connectivity index (χ0v) is 22.3. The summed E-state index contributed by atoms with van der Waals surface area (Å²) >= 11 is 6.57. The molecule has 9 nitrogen and oxygen atoms in total. The minimum atomic E-state index is 0.406. The van der Waals surface area contributed by atoms with Gasteiger partial charge in [-0.2, -0.15) is 0 Å². The second-order valence-corrected chi connectivity index (χ2v) is 10.3. The SMILES string of the molecule is C[C@@H]1CN(c2nnc3cnc4ccc(-c5ccc(OCCCN(C)C)c(Cl)c5)nc4n23)C[C@H](C)N1C. The summed E-state index contributed by atoms with van der Waals surface area (Å²) in [7, 11) is 6.28. The first-order valence-electron chi connectivity index (χ1n) is 12.4. The highest BCUT2D eigenvalue weighted by Gasteiger charge is 2.29. The molecule has 1 fully saturated rings. The van der Waals surface area contributed by atoms with Crippen LogP contribution < -0.4 is 9.64 Å². The van der Waals surface area contributed by atoms with Crippen LogP contribution in [0.25, 0.3) is 28.1 Å². The van der Waals surface area contributed by atoms with Crippen molar-refractivity contribution in [1.82, 2.24) is 34.4 Å². The topological polar surface area (TPSA) is 74.9 Å². The number of ether oxygens (including phenoxy) is 1. The predicted octanol–water partition coefficient (Wildman–Crippen LogP) is 3.85. The number of hydrogen-bond acceptors (Lipinski definition) is 8. The smallest absolute Gasteiger partial charge is 0.233 e. The maximum Gasteiger partial charge on any atom is 0.233 e. The van der Waals surface area contributed by atoms with Crippen LogP contribution >= 0.6 is 11.6 Å². The van der Waals surface area contributed by atoms with Crippen LogP contribution in [0, 0.1) is 0 Å². The first-order valence-corrected chi connectivity index (χ1v) is 12.7. The van der Waals surface area contributed by atoms with Gasteiger partial charge in [0.2, 0.25) is 5.95 Å². The van der Waals surface area contributed by atoms with Gasteiger partial charge in [-0.25, -0.2) is 14.4 Å². The third-order valence-electron chi connectivity index (χ3n) is 6.93. The van der Waals surface area contributed by atoms with Crippen LogP contribution in [0.3, 0.4) is 0 Å². The Morgan fingerprint density at radius 3 is 2.58 bits per heavy atom. The molecule has 3 aromatic heterocycles. The first-order chi connectivity index (χ1) is 17.3. The number of benzene rings is 1. The minimum absolute atomic E-state index is 0.406. The molecule has 36 heavy (non-hydrogen) atoms. The molecule has 5 rings (SSSR count). The number of nitrogens with zero attached hydrogens (tertiary/aromatic N) is 8. The van der Waals surface area contributed by atoms with E-state index in [1.54, 1.807) is 6.20 Å². The van der Waals surface area contributed by atoms with Crippen molar-refractivity contribution in [3.05, 3.63) is 41.6 Å². The Labute approximate surface area is 216 Å². The molecule has 4 heterocycles. The Bertz CT molecular complexity index is 1360. The lowest BCUT2D eigenvalue weighted by atomic mass is 10.1. The molecule has 0 radical (unpaired) electrons. The lowest BCUT2D eigenvalue weighted by Gasteiger charge is -2.42. The van der Waals surface area contributed by atoms with Gasteiger partial charge in [0, 0.05) is 37.3 Å². The Morgan fingerprint density at radius 1 is 1.08 bits per heavy atom. The molecule has 0 bridgehead atoms. The highest BCUT2D eigenvalue weighted by atomic mass is 35.5. The third kappa shape index (κ3) is 4.83. The van der Waals surface area contributed by atoms with Crippen LogP contribution in [-0.2, 0) is 0 Å². The number of pyridine rings is 1. The van der Waals surface area contributed by atoms with Gasteiger partial charge >= 0.3 is 0 Å². The molecule has 4 aromatic rings. The minimum Gasteiger partial charge on any atom is -0.492 e. The van der Waals surface area contributed by atoms with Gasteiger partial charge in [-0.1, -0.05) is 11.6 Å². The summed E-state index contributed by atoms with van der Waals surface area (Å²) in [4.78, 5) is 16.4. The maximum atomic E-state index is 6.57. The van der Waals surface area contributed by atoms with Crippen LogP contribution in [0.5, 0.6) is 5.75 Å². The number of anilines is 1. The number of rotatable bonds is 7. The van der Waals surface area contributed by atoms with Crippen molar-refractivity contribution in [1.29, 1.82) is 0 Å². The molecule has 0 unspecified atom stereocenters. The molecule has 190 valence electrons. The van der Waals surface area contributed by atoms with Crippen molar-refractivity contribution in [3.63, 3.8) is 0 Å². The fourth-order valence-electron chi connectivity index (χ4n) is 4.68. The average Bonchev–Trinajstić information content (AvgIpc) is 3.30. The fourth-order valence-corrected chi connectivity index (χ4v) is 4.92. The van der Waals surface area contributed by atoms with E-state index in [0.29, 0.717) is 35.1 Å². The molecule has 1 aromatic carbocycles. The molecular weight excluding hydrogens is 476 g/mol. The number of halogens is 1. The highest BCUT2D eigenvalue weighted by molar-refractivity contribution is 6.32. The molecule has 10 heteroatoms. The molecule has 0 aliphatic carbocycles. The molecule has 1 saturated heterocycles.